The van der Waals surface area contributed by atoms with Gasteiger partial charge < -0.3 is 15.0 Å². The van der Waals surface area contributed by atoms with Crippen molar-refractivity contribution in [3.63, 3.8) is 0 Å². The number of aryl methyl sites for hydroxylation is 1. The summed E-state index contributed by atoms with van der Waals surface area (Å²) in [7, 11) is 0. The lowest BCUT2D eigenvalue weighted by Gasteiger charge is -2.11. The number of para-hydroxylation sites is 1. The number of benzene rings is 1. The fourth-order valence-corrected chi connectivity index (χ4v) is 2.39. The molecule has 1 heterocycles. The molecule has 1 aromatic heterocycles. The van der Waals surface area contributed by atoms with Crippen LogP contribution in [0.2, 0.25) is 0 Å². The number of aromatic nitrogens is 2. The number of nitrogens with two attached hydrogens (primary N) is 1. The quantitative estimate of drug-likeness (QED) is 0.839. The molecule has 0 saturated carbocycles. The highest BCUT2D eigenvalue weighted by atomic mass is 79.9. The van der Waals surface area contributed by atoms with E-state index in [1.165, 1.54) is 0 Å². The first-order valence-corrected chi connectivity index (χ1v) is 7.45. The molecular formula is C14H18BrN3O2. The van der Waals surface area contributed by atoms with Crippen LogP contribution < -0.4 is 10.5 Å². The van der Waals surface area contributed by atoms with Crippen LogP contribution in [0.25, 0.3) is 0 Å². The molecule has 108 valence electrons. The lowest BCUT2D eigenvalue weighted by molar-refractivity contribution is 0.281. The Morgan fingerprint density at radius 3 is 2.95 bits per heavy atom. The van der Waals surface area contributed by atoms with Gasteiger partial charge in [0.2, 0.25) is 11.7 Å². The molecule has 0 aliphatic heterocycles. The van der Waals surface area contributed by atoms with Crippen LogP contribution in [0.15, 0.2) is 27.2 Å². The molecule has 6 heteroatoms. The van der Waals surface area contributed by atoms with Crippen molar-refractivity contribution in [3.8, 4) is 5.75 Å². The van der Waals surface area contributed by atoms with Gasteiger partial charge in [0.15, 0.2) is 6.61 Å². The Labute approximate surface area is 126 Å². The minimum atomic E-state index is 0.285. The lowest BCUT2D eigenvalue weighted by Crippen LogP contribution is -2.06. The summed E-state index contributed by atoms with van der Waals surface area (Å²) in [4.78, 5) is 4.28. The van der Waals surface area contributed by atoms with Gasteiger partial charge in [-0.15, -0.1) is 0 Å². The fourth-order valence-electron chi connectivity index (χ4n) is 1.87. The van der Waals surface area contributed by atoms with Crippen molar-refractivity contribution >= 4 is 15.9 Å². The number of halogens is 1. The Balaban J connectivity index is 2.05. The lowest BCUT2D eigenvalue weighted by atomic mass is 10.1. The van der Waals surface area contributed by atoms with E-state index in [0.29, 0.717) is 18.3 Å². The summed E-state index contributed by atoms with van der Waals surface area (Å²) in [5.74, 6) is 2.00. The van der Waals surface area contributed by atoms with Crippen LogP contribution in [-0.4, -0.2) is 16.7 Å². The smallest absolute Gasteiger partial charge is 0.226 e. The van der Waals surface area contributed by atoms with Crippen LogP contribution >= 0.6 is 15.9 Å². The van der Waals surface area contributed by atoms with Crippen LogP contribution in [0.5, 0.6) is 5.75 Å². The SMILES string of the molecule is CCCc1nc(COc2c(Br)cccc2CCN)no1. The predicted molar refractivity (Wildman–Crippen MR) is 79.5 cm³/mol. The summed E-state index contributed by atoms with van der Waals surface area (Å²) in [6.07, 6.45) is 2.54. The Kier molecular flexibility index (Phi) is 5.55. The first-order valence-electron chi connectivity index (χ1n) is 6.66. The molecule has 1 aromatic carbocycles. The Morgan fingerprint density at radius 2 is 2.20 bits per heavy atom. The molecule has 0 aliphatic rings. The van der Waals surface area contributed by atoms with E-state index < -0.39 is 0 Å². The van der Waals surface area contributed by atoms with Crippen molar-refractivity contribution in [1.82, 2.24) is 10.1 Å². The van der Waals surface area contributed by atoms with E-state index in [2.05, 4.69) is 33.0 Å². The van der Waals surface area contributed by atoms with Crippen molar-refractivity contribution < 1.29 is 9.26 Å². The van der Waals surface area contributed by atoms with Crippen LogP contribution in [0, 0.1) is 0 Å². The van der Waals surface area contributed by atoms with Crippen molar-refractivity contribution in [2.24, 2.45) is 5.73 Å². The van der Waals surface area contributed by atoms with E-state index in [9.17, 15) is 0 Å². The van der Waals surface area contributed by atoms with Gasteiger partial charge in [0.25, 0.3) is 0 Å². The van der Waals surface area contributed by atoms with E-state index in [0.717, 1.165) is 35.0 Å². The second kappa shape index (κ2) is 7.40. The van der Waals surface area contributed by atoms with E-state index in [-0.39, 0.29) is 6.61 Å². The Hall–Kier alpha value is -1.40. The molecule has 0 saturated heterocycles. The van der Waals surface area contributed by atoms with Crippen molar-refractivity contribution in [2.75, 3.05) is 6.54 Å². The molecule has 2 aromatic rings. The summed E-state index contributed by atoms with van der Waals surface area (Å²) >= 11 is 3.49. The predicted octanol–water partition coefficient (Wildman–Crippen LogP) is 2.86. The fraction of sp³-hybridized carbons (Fsp3) is 0.429. The van der Waals surface area contributed by atoms with E-state index in [1.807, 2.05) is 18.2 Å². The van der Waals surface area contributed by atoms with Crippen LogP contribution in [0.4, 0.5) is 0 Å². The highest BCUT2D eigenvalue weighted by molar-refractivity contribution is 9.10. The molecule has 2 rings (SSSR count). The van der Waals surface area contributed by atoms with Crippen molar-refractivity contribution in [1.29, 1.82) is 0 Å². The number of hydrogen-bond acceptors (Lipinski definition) is 5. The second-order valence-corrected chi connectivity index (χ2v) is 5.26. The van der Waals surface area contributed by atoms with Gasteiger partial charge in [-0.05, 0) is 46.9 Å². The average molecular weight is 340 g/mol. The Morgan fingerprint density at radius 1 is 1.35 bits per heavy atom. The molecule has 0 bridgehead atoms. The summed E-state index contributed by atoms with van der Waals surface area (Å²) in [6, 6.07) is 5.91. The third-order valence-corrected chi connectivity index (χ3v) is 3.41. The maximum atomic E-state index is 5.81. The number of rotatable bonds is 7. The number of hydrogen-bond donors (Lipinski definition) is 1. The molecule has 0 fully saturated rings. The van der Waals surface area contributed by atoms with Gasteiger partial charge in [-0.1, -0.05) is 24.2 Å². The highest BCUT2D eigenvalue weighted by Crippen LogP contribution is 2.29. The van der Waals surface area contributed by atoms with Gasteiger partial charge in [-0.3, -0.25) is 0 Å². The van der Waals surface area contributed by atoms with Crippen molar-refractivity contribution in [2.45, 2.75) is 32.8 Å². The van der Waals surface area contributed by atoms with E-state index in [1.54, 1.807) is 0 Å². The maximum absolute atomic E-state index is 5.81. The molecule has 0 spiro atoms. The maximum Gasteiger partial charge on any atom is 0.226 e. The zero-order valence-corrected chi connectivity index (χ0v) is 13.0. The molecule has 5 nitrogen and oxygen atoms in total. The molecule has 0 radical (unpaired) electrons. The van der Waals surface area contributed by atoms with Crippen LogP contribution in [0.3, 0.4) is 0 Å². The van der Waals surface area contributed by atoms with Gasteiger partial charge >= 0.3 is 0 Å². The molecular weight excluding hydrogens is 322 g/mol. The summed E-state index contributed by atoms with van der Waals surface area (Å²) in [5.41, 5.74) is 6.68. The van der Waals surface area contributed by atoms with Gasteiger partial charge in [-0.2, -0.15) is 4.98 Å². The molecule has 20 heavy (non-hydrogen) atoms. The number of ether oxygens (including phenoxy) is 1. The standard InChI is InChI=1S/C14H18BrN3O2/c1-2-4-13-17-12(18-20-13)9-19-14-10(7-8-16)5-3-6-11(14)15/h3,5-6H,2,4,7-9,16H2,1H3. The van der Waals surface area contributed by atoms with Gasteiger partial charge in [-0.25, -0.2) is 0 Å². The Bertz CT molecular complexity index is 557. The van der Waals surface area contributed by atoms with E-state index in [4.69, 9.17) is 15.0 Å². The number of nitrogens with zero attached hydrogens (tertiary/aromatic N) is 2. The van der Waals surface area contributed by atoms with Crippen molar-refractivity contribution in [3.05, 3.63) is 40.0 Å². The monoisotopic (exact) mass is 339 g/mol. The molecule has 0 amide bonds. The normalized spacial score (nSPS) is 10.8. The third-order valence-electron chi connectivity index (χ3n) is 2.78. The first kappa shape index (κ1) is 15.0. The summed E-state index contributed by atoms with van der Waals surface area (Å²) < 4.78 is 11.8. The largest absolute Gasteiger partial charge is 0.484 e. The minimum absolute atomic E-state index is 0.285. The average Bonchev–Trinajstić information content (AvgIpc) is 2.87. The third kappa shape index (κ3) is 3.80. The zero-order valence-electron chi connectivity index (χ0n) is 11.4. The van der Waals surface area contributed by atoms with Crippen LogP contribution in [0.1, 0.15) is 30.6 Å². The zero-order chi connectivity index (χ0) is 14.4. The summed E-state index contributed by atoms with van der Waals surface area (Å²) in [6.45, 7) is 2.93. The first-order chi connectivity index (χ1) is 9.74. The second-order valence-electron chi connectivity index (χ2n) is 4.41. The minimum Gasteiger partial charge on any atom is -0.484 e. The highest BCUT2D eigenvalue weighted by Gasteiger charge is 2.11. The molecule has 0 aliphatic carbocycles. The molecule has 0 unspecified atom stereocenters. The summed E-state index contributed by atoms with van der Waals surface area (Å²) in [5, 5.41) is 3.90. The van der Waals surface area contributed by atoms with E-state index >= 15 is 0 Å². The topological polar surface area (TPSA) is 74.2 Å². The van der Waals surface area contributed by atoms with Gasteiger partial charge in [0, 0.05) is 6.42 Å². The van der Waals surface area contributed by atoms with Gasteiger partial charge in [0.1, 0.15) is 5.75 Å². The van der Waals surface area contributed by atoms with Crippen LogP contribution in [-0.2, 0) is 19.4 Å². The molecule has 0 atom stereocenters. The van der Waals surface area contributed by atoms with Gasteiger partial charge in [0.05, 0.1) is 4.47 Å². The molecule has 2 N–H and O–H groups in total.